The molecule has 0 N–H and O–H groups in total. The minimum Gasteiger partial charge on any atom is -0.445 e. The molecule has 0 saturated heterocycles. The Labute approximate surface area is 97.1 Å². The lowest BCUT2D eigenvalue weighted by Gasteiger charge is -2.15. The van der Waals surface area contributed by atoms with Crippen molar-refractivity contribution < 1.29 is 12.9 Å². The molecule has 2 aromatic rings. The molecular weight excluding hydrogens is 228 g/mol. The fourth-order valence-corrected chi connectivity index (χ4v) is 1.95. The van der Waals surface area contributed by atoms with Crippen LogP contribution in [0, 0.1) is 13.8 Å². The minimum atomic E-state index is -5.02. The summed E-state index contributed by atoms with van der Waals surface area (Å²) in [6, 6.07) is 8.80. The third-order valence-electron chi connectivity index (χ3n) is 2.68. The fourth-order valence-electron chi connectivity index (χ4n) is 1.95. The van der Waals surface area contributed by atoms with E-state index in [2.05, 4.69) is 5.10 Å². The van der Waals surface area contributed by atoms with Gasteiger partial charge in [-0.1, -0.05) is 23.7 Å². The van der Waals surface area contributed by atoms with Gasteiger partial charge in [-0.25, -0.2) is 4.68 Å². The standard InChI is InChI=1S/C11H11BF3N2/c1-8-11(12(13,14)15)9(2)17(16-8)10-6-4-3-5-7-10/h3-7H,1-2H3/q-1. The van der Waals surface area contributed by atoms with E-state index in [-0.39, 0.29) is 11.4 Å². The molecule has 0 aliphatic heterocycles. The van der Waals surface area contributed by atoms with Crippen LogP contribution in [0.1, 0.15) is 11.4 Å². The van der Waals surface area contributed by atoms with E-state index in [0.717, 1.165) is 0 Å². The van der Waals surface area contributed by atoms with Crippen LogP contribution in [-0.2, 0) is 0 Å². The van der Waals surface area contributed by atoms with Gasteiger partial charge in [-0.2, -0.15) is 5.10 Å². The van der Waals surface area contributed by atoms with Gasteiger partial charge in [0.15, 0.2) is 0 Å². The Hall–Kier alpha value is -1.72. The van der Waals surface area contributed by atoms with Crippen LogP contribution < -0.4 is 5.46 Å². The van der Waals surface area contributed by atoms with Crippen molar-refractivity contribution in [3.05, 3.63) is 41.7 Å². The Morgan fingerprint density at radius 1 is 1.06 bits per heavy atom. The lowest BCUT2D eigenvalue weighted by molar-refractivity contribution is 0.500. The molecule has 0 amide bonds. The molecule has 2 rings (SSSR count). The van der Waals surface area contributed by atoms with Gasteiger partial charge in [0.1, 0.15) is 0 Å². The maximum Gasteiger partial charge on any atom is 0.513 e. The van der Waals surface area contributed by atoms with Crippen LogP contribution in [0.3, 0.4) is 0 Å². The molecule has 0 fully saturated rings. The number of para-hydroxylation sites is 1. The summed E-state index contributed by atoms with van der Waals surface area (Å²) >= 11 is 0. The highest BCUT2D eigenvalue weighted by molar-refractivity contribution is 6.74. The molecule has 2 nitrogen and oxygen atoms in total. The van der Waals surface area contributed by atoms with E-state index in [1.807, 2.05) is 6.07 Å². The number of hydrogen-bond acceptors (Lipinski definition) is 1. The Bertz CT molecular complexity index is 532. The van der Waals surface area contributed by atoms with Crippen LogP contribution in [0.25, 0.3) is 5.69 Å². The molecule has 0 atom stereocenters. The van der Waals surface area contributed by atoms with E-state index < -0.39 is 12.4 Å². The number of halogens is 3. The van der Waals surface area contributed by atoms with Gasteiger partial charge in [0.25, 0.3) is 0 Å². The zero-order chi connectivity index (χ0) is 12.6. The van der Waals surface area contributed by atoms with E-state index in [9.17, 15) is 12.9 Å². The van der Waals surface area contributed by atoms with Gasteiger partial charge in [-0.05, 0) is 26.0 Å². The van der Waals surface area contributed by atoms with Gasteiger partial charge in [0.05, 0.1) is 5.69 Å². The second-order valence-electron chi connectivity index (χ2n) is 3.91. The van der Waals surface area contributed by atoms with E-state index in [1.54, 1.807) is 24.3 Å². The third kappa shape index (κ3) is 2.07. The molecule has 1 aromatic heterocycles. The van der Waals surface area contributed by atoms with Gasteiger partial charge >= 0.3 is 6.98 Å². The number of hydrogen-bond donors (Lipinski definition) is 0. The van der Waals surface area contributed by atoms with Crippen molar-refractivity contribution in [2.24, 2.45) is 0 Å². The monoisotopic (exact) mass is 239 g/mol. The summed E-state index contributed by atoms with van der Waals surface area (Å²) in [4.78, 5) is 0. The molecule has 0 bridgehead atoms. The van der Waals surface area contributed by atoms with Crippen molar-refractivity contribution in [1.29, 1.82) is 0 Å². The molecule has 0 aliphatic rings. The quantitative estimate of drug-likeness (QED) is 0.736. The van der Waals surface area contributed by atoms with Gasteiger partial charge in [0.2, 0.25) is 0 Å². The summed E-state index contributed by atoms with van der Waals surface area (Å²) in [6.45, 7) is -2.19. The molecule has 17 heavy (non-hydrogen) atoms. The van der Waals surface area contributed by atoms with Crippen LogP contribution in [0.15, 0.2) is 30.3 Å². The van der Waals surface area contributed by atoms with Crippen molar-refractivity contribution in [2.75, 3.05) is 0 Å². The summed E-state index contributed by atoms with van der Waals surface area (Å²) in [7, 11) is 0. The highest BCUT2D eigenvalue weighted by Gasteiger charge is 2.32. The Morgan fingerprint density at radius 2 is 1.65 bits per heavy atom. The van der Waals surface area contributed by atoms with Crippen LogP contribution in [0.4, 0.5) is 12.9 Å². The van der Waals surface area contributed by atoms with Crippen molar-refractivity contribution in [1.82, 2.24) is 9.78 Å². The normalized spacial score (nSPS) is 11.8. The van der Waals surface area contributed by atoms with Gasteiger partial charge in [-0.3, -0.25) is 0 Å². The fraction of sp³-hybridized carbons (Fsp3) is 0.182. The van der Waals surface area contributed by atoms with E-state index in [0.29, 0.717) is 5.69 Å². The van der Waals surface area contributed by atoms with Crippen molar-refractivity contribution >= 4 is 12.4 Å². The van der Waals surface area contributed by atoms with E-state index in [4.69, 9.17) is 0 Å². The molecule has 0 unspecified atom stereocenters. The molecule has 0 spiro atoms. The molecular formula is C11H11BF3N2-. The molecule has 1 heterocycles. The highest BCUT2D eigenvalue weighted by Crippen LogP contribution is 2.17. The first-order chi connectivity index (χ1) is 7.91. The predicted octanol–water partition coefficient (Wildman–Crippen LogP) is 2.54. The lowest BCUT2D eigenvalue weighted by Crippen LogP contribution is -2.37. The van der Waals surface area contributed by atoms with Crippen molar-refractivity contribution in [2.45, 2.75) is 13.8 Å². The smallest absolute Gasteiger partial charge is 0.445 e. The molecule has 90 valence electrons. The van der Waals surface area contributed by atoms with Crippen LogP contribution in [0.2, 0.25) is 0 Å². The summed E-state index contributed by atoms with van der Waals surface area (Å²) in [5.74, 6) is 0. The zero-order valence-electron chi connectivity index (χ0n) is 9.49. The first kappa shape index (κ1) is 11.8. The first-order valence-electron chi connectivity index (χ1n) is 5.22. The van der Waals surface area contributed by atoms with Crippen molar-refractivity contribution in [3.8, 4) is 5.69 Å². The van der Waals surface area contributed by atoms with Crippen LogP contribution in [-0.4, -0.2) is 16.8 Å². The van der Waals surface area contributed by atoms with E-state index >= 15 is 0 Å². The third-order valence-corrected chi connectivity index (χ3v) is 2.68. The molecule has 1 aromatic carbocycles. The highest BCUT2D eigenvalue weighted by atomic mass is 19.4. The first-order valence-corrected chi connectivity index (χ1v) is 5.22. The summed E-state index contributed by atoms with van der Waals surface area (Å²) in [5.41, 5.74) is 0.216. The topological polar surface area (TPSA) is 17.8 Å². The SMILES string of the molecule is Cc1nn(-c2ccccc2)c(C)c1[B-](F)(F)F. The Kier molecular flexibility index (Phi) is 2.73. The van der Waals surface area contributed by atoms with Crippen molar-refractivity contribution in [3.63, 3.8) is 0 Å². The number of rotatable bonds is 2. The summed E-state index contributed by atoms with van der Waals surface area (Å²) in [6.07, 6.45) is 0. The molecule has 6 heteroatoms. The lowest BCUT2D eigenvalue weighted by atomic mass is 9.78. The van der Waals surface area contributed by atoms with Gasteiger partial charge in [-0.15, -0.1) is 0 Å². The number of aryl methyl sites for hydroxylation is 1. The summed E-state index contributed by atoms with van der Waals surface area (Å²) in [5, 5.41) is 3.96. The Morgan fingerprint density at radius 3 is 2.12 bits per heavy atom. The van der Waals surface area contributed by atoms with E-state index in [1.165, 1.54) is 18.5 Å². The number of benzene rings is 1. The zero-order valence-corrected chi connectivity index (χ0v) is 9.49. The summed E-state index contributed by atoms with van der Waals surface area (Å²) < 4.78 is 39.9. The van der Waals surface area contributed by atoms with Crippen LogP contribution >= 0.6 is 0 Å². The van der Waals surface area contributed by atoms with Gasteiger partial charge in [0, 0.05) is 11.4 Å². The average molecular weight is 239 g/mol. The number of aromatic nitrogens is 2. The maximum absolute atomic E-state index is 12.8. The predicted molar refractivity (Wildman–Crippen MR) is 61.8 cm³/mol. The largest absolute Gasteiger partial charge is 0.513 e. The molecule has 0 aliphatic carbocycles. The molecule has 0 saturated carbocycles. The number of nitrogens with zero attached hydrogens (tertiary/aromatic N) is 2. The second kappa shape index (κ2) is 3.94. The minimum absolute atomic E-state index is 0.0267. The molecule has 0 radical (unpaired) electrons. The Balaban J connectivity index is 2.60. The average Bonchev–Trinajstić information content (AvgIpc) is 2.54. The maximum atomic E-state index is 12.8. The van der Waals surface area contributed by atoms with Crippen LogP contribution in [0.5, 0.6) is 0 Å². The second-order valence-corrected chi connectivity index (χ2v) is 3.91. The van der Waals surface area contributed by atoms with Gasteiger partial charge < -0.3 is 12.9 Å².